The van der Waals surface area contributed by atoms with Crippen LogP contribution in [0.3, 0.4) is 0 Å². The number of hydrazine groups is 1. The molecule has 3 N–H and O–H groups in total. The third kappa shape index (κ3) is 2.46. The number of fused-ring (bicyclic) bond motifs is 2. The molecule has 0 radical (unpaired) electrons. The van der Waals surface area contributed by atoms with Crippen LogP contribution in [-0.2, 0) is 9.59 Å². The first kappa shape index (κ1) is 12.5. The van der Waals surface area contributed by atoms with Crippen LogP contribution in [0.5, 0.6) is 0 Å². The highest BCUT2D eigenvalue weighted by Crippen LogP contribution is 2.49. The fourth-order valence-corrected chi connectivity index (χ4v) is 3.88. The van der Waals surface area contributed by atoms with E-state index in [9.17, 15) is 9.59 Å². The summed E-state index contributed by atoms with van der Waals surface area (Å²) < 4.78 is 0. The normalized spacial score (nSPS) is 34.3. The second-order valence-electron chi connectivity index (χ2n) is 6.10. The molecule has 0 saturated heterocycles. The van der Waals surface area contributed by atoms with Gasteiger partial charge < -0.3 is 5.32 Å². The maximum absolute atomic E-state index is 12.1. The minimum Gasteiger partial charge on any atom is -0.348 e. The van der Waals surface area contributed by atoms with Gasteiger partial charge in [0, 0.05) is 12.5 Å². The number of hydrogen-bond acceptors (Lipinski definition) is 3. The molecule has 3 rings (SSSR count). The van der Waals surface area contributed by atoms with Crippen LogP contribution in [-0.4, -0.2) is 17.9 Å². The molecule has 104 valence electrons. The van der Waals surface area contributed by atoms with Crippen molar-refractivity contribution >= 4 is 11.8 Å². The first-order valence-electron chi connectivity index (χ1n) is 7.19. The minimum absolute atomic E-state index is 0.113. The molecule has 2 bridgehead atoms. The van der Waals surface area contributed by atoms with Crippen LogP contribution in [0.4, 0.5) is 0 Å². The number of amides is 2. The predicted molar refractivity (Wildman–Crippen MR) is 70.5 cm³/mol. The van der Waals surface area contributed by atoms with E-state index in [1.165, 1.54) is 25.7 Å². The number of rotatable bonds is 3. The summed E-state index contributed by atoms with van der Waals surface area (Å²) in [4.78, 5) is 23.1. The van der Waals surface area contributed by atoms with E-state index in [1.807, 2.05) is 0 Å². The van der Waals surface area contributed by atoms with Gasteiger partial charge in [0.15, 0.2) is 0 Å². The molecular formula is C14H21N3O2. The van der Waals surface area contributed by atoms with Crippen LogP contribution < -0.4 is 16.2 Å². The van der Waals surface area contributed by atoms with E-state index in [0.717, 1.165) is 11.8 Å². The lowest BCUT2D eigenvalue weighted by Gasteiger charge is -2.29. The third-order valence-corrected chi connectivity index (χ3v) is 4.87. The molecule has 0 aromatic rings. The van der Waals surface area contributed by atoms with Crippen molar-refractivity contribution in [2.45, 2.75) is 45.1 Å². The van der Waals surface area contributed by atoms with Gasteiger partial charge in [0.05, 0.1) is 0 Å². The number of carbonyl (C=O) groups is 2. The quantitative estimate of drug-likeness (QED) is 0.706. The summed E-state index contributed by atoms with van der Waals surface area (Å²) in [5.74, 6) is 2.09. The van der Waals surface area contributed by atoms with Crippen LogP contribution in [0.1, 0.15) is 39.0 Å². The van der Waals surface area contributed by atoms with E-state index in [1.54, 1.807) is 6.08 Å². The van der Waals surface area contributed by atoms with Gasteiger partial charge in [-0.15, -0.1) is 0 Å². The Kier molecular flexibility index (Phi) is 3.21. The molecule has 0 aromatic carbocycles. The minimum atomic E-state index is -0.115. The molecule has 4 atom stereocenters. The summed E-state index contributed by atoms with van der Waals surface area (Å²) in [6.07, 6.45) is 7.21. The van der Waals surface area contributed by atoms with E-state index in [4.69, 9.17) is 0 Å². The zero-order chi connectivity index (χ0) is 13.4. The summed E-state index contributed by atoms with van der Waals surface area (Å²) in [5.41, 5.74) is 5.57. The zero-order valence-electron chi connectivity index (χ0n) is 11.2. The Balaban J connectivity index is 1.56. The Morgan fingerprint density at radius 2 is 2.21 bits per heavy atom. The average Bonchev–Trinajstić information content (AvgIpc) is 3.01. The summed E-state index contributed by atoms with van der Waals surface area (Å²) in [7, 11) is 0. The van der Waals surface area contributed by atoms with E-state index in [0.29, 0.717) is 11.6 Å². The highest BCUT2D eigenvalue weighted by atomic mass is 16.2. The van der Waals surface area contributed by atoms with E-state index in [2.05, 4.69) is 23.1 Å². The predicted octanol–water partition coefficient (Wildman–Crippen LogP) is 0.836. The Morgan fingerprint density at radius 3 is 2.79 bits per heavy atom. The van der Waals surface area contributed by atoms with Crippen molar-refractivity contribution in [2.24, 2.45) is 17.8 Å². The molecule has 1 heterocycles. The second-order valence-corrected chi connectivity index (χ2v) is 6.10. The smallest absolute Gasteiger partial charge is 0.269 e. The van der Waals surface area contributed by atoms with E-state index in [-0.39, 0.29) is 24.3 Å². The lowest BCUT2D eigenvalue weighted by atomic mass is 9.84. The molecule has 0 aromatic heterocycles. The van der Waals surface area contributed by atoms with Gasteiger partial charge in [0.2, 0.25) is 5.91 Å². The fraction of sp³-hybridized carbons (Fsp3) is 0.714. The van der Waals surface area contributed by atoms with Crippen molar-refractivity contribution in [1.82, 2.24) is 16.2 Å². The molecule has 2 saturated carbocycles. The summed E-state index contributed by atoms with van der Waals surface area (Å²) >= 11 is 0. The fourth-order valence-electron chi connectivity index (χ4n) is 3.88. The van der Waals surface area contributed by atoms with Gasteiger partial charge in [-0.1, -0.05) is 6.42 Å². The maximum Gasteiger partial charge on any atom is 0.269 e. The van der Waals surface area contributed by atoms with Gasteiger partial charge in [-0.2, -0.15) is 0 Å². The molecule has 5 nitrogen and oxygen atoms in total. The van der Waals surface area contributed by atoms with Gasteiger partial charge in [0.1, 0.15) is 5.70 Å². The van der Waals surface area contributed by atoms with Crippen molar-refractivity contribution in [3.63, 3.8) is 0 Å². The van der Waals surface area contributed by atoms with Crippen molar-refractivity contribution in [3.05, 3.63) is 11.8 Å². The lowest BCUT2D eigenvalue weighted by Crippen LogP contribution is -2.48. The van der Waals surface area contributed by atoms with Gasteiger partial charge in [-0.25, -0.2) is 0 Å². The van der Waals surface area contributed by atoms with Crippen molar-refractivity contribution < 1.29 is 9.59 Å². The molecule has 1 aliphatic heterocycles. The molecule has 3 aliphatic rings. The highest BCUT2D eigenvalue weighted by Gasteiger charge is 2.42. The summed E-state index contributed by atoms with van der Waals surface area (Å²) in [5, 5.41) is 3.07. The van der Waals surface area contributed by atoms with Crippen LogP contribution in [0.25, 0.3) is 0 Å². The SMILES string of the molecule is C[C@H](NC(=O)C1=CCC(=O)NN1)[C@H]1C[C@@H]2CC[C@@H]1C2. The Bertz CT molecular complexity index is 432. The molecule has 2 aliphatic carbocycles. The average molecular weight is 263 g/mol. The van der Waals surface area contributed by atoms with Crippen LogP contribution >= 0.6 is 0 Å². The van der Waals surface area contributed by atoms with Gasteiger partial charge in [0.25, 0.3) is 5.91 Å². The number of hydrogen-bond donors (Lipinski definition) is 3. The zero-order valence-corrected chi connectivity index (χ0v) is 11.2. The molecule has 0 unspecified atom stereocenters. The Labute approximate surface area is 113 Å². The van der Waals surface area contributed by atoms with Crippen LogP contribution in [0.15, 0.2) is 11.8 Å². The molecule has 2 fully saturated rings. The summed E-state index contributed by atoms with van der Waals surface area (Å²) in [6, 6.07) is 0.211. The molecule has 5 heteroatoms. The van der Waals surface area contributed by atoms with Crippen molar-refractivity contribution in [1.29, 1.82) is 0 Å². The topological polar surface area (TPSA) is 70.2 Å². The van der Waals surface area contributed by atoms with Crippen LogP contribution in [0.2, 0.25) is 0 Å². The first-order chi connectivity index (χ1) is 9.13. The standard InChI is InChI=1S/C14H21N3O2/c1-8(11-7-9-2-3-10(11)6-9)15-14(19)12-4-5-13(18)17-16-12/h4,8-11,16H,2-3,5-7H2,1H3,(H,15,19)(H,17,18)/t8-,9+,10+,11+/m0/s1. The molecular weight excluding hydrogens is 242 g/mol. The van der Waals surface area contributed by atoms with Crippen molar-refractivity contribution in [2.75, 3.05) is 0 Å². The summed E-state index contributed by atoms with van der Waals surface area (Å²) in [6.45, 7) is 2.10. The Hall–Kier alpha value is -1.52. The Morgan fingerprint density at radius 1 is 1.37 bits per heavy atom. The van der Waals surface area contributed by atoms with Gasteiger partial charge >= 0.3 is 0 Å². The molecule has 19 heavy (non-hydrogen) atoms. The third-order valence-electron chi connectivity index (χ3n) is 4.87. The molecule has 0 spiro atoms. The lowest BCUT2D eigenvalue weighted by molar-refractivity contribution is -0.122. The van der Waals surface area contributed by atoms with Gasteiger partial charge in [-0.3, -0.25) is 20.4 Å². The largest absolute Gasteiger partial charge is 0.348 e. The number of nitrogens with one attached hydrogen (secondary N) is 3. The van der Waals surface area contributed by atoms with Gasteiger partial charge in [-0.05, 0) is 50.0 Å². The molecule has 2 amide bonds. The van der Waals surface area contributed by atoms with E-state index < -0.39 is 0 Å². The van der Waals surface area contributed by atoms with Crippen molar-refractivity contribution in [3.8, 4) is 0 Å². The number of carbonyl (C=O) groups excluding carboxylic acids is 2. The maximum atomic E-state index is 12.1. The monoisotopic (exact) mass is 263 g/mol. The van der Waals surface area contributed by atoms with Crippen LogP contribution in [0, 0.1) is 17.8 Å². The first-order valence-corrected chi connectivity index (χ1v) is 7.19. The second kappa shape index (κ2) is 4.87. The highest BCUT2D eigenvalue weighted by molar-refractivity contribution is 5.95. The van der Waals surface area contributed by atoms with E-state index >= 15 is 0 Å².